The zero-order valence-corrected chi connectivity index (χ0v) is 13.3. The van der Waals surface area contributed by atoms with Crippen LogP contribution in [0, 0.1) is 0 Å². The molecule has 0 bridgehead atoms. The second-order valence-electron chi connectivity index (χ2n) is 6.41. The predicted molar refractivity (Wildman–Crippen MR) is 82.0 cm³/mol. The van der Waals surface area contributed by atoms with Gasteiger partial charge in [0.05, 0.1) is 18.3 Å². The molecule has 2 unspecified atom stereocenters. The van der Waals surface area contributed by atoms with Gasteiger partial charge in [0.1, 0.15) is 0 Å². The largest absolute Gasteiger partial charge is 0.394 e. The van der Waals surface area contributed by atoms with Gasteiger partial charge in [-0.3, -0.25) is 4.68 Å². The molecule has 4 heteroatoms. The van der Waals surface area contributed by atoms with Gasteiger partial charge >= 0.3 is 0 Å². The normalized spacial score (nSPS) is 26.6. The first-order valence-corrected chi connectivity index (χ1v) is 7.99. The summed E-state index contributed by atoms with van der Waals surface area (Å²) in [7, 11) is 0. The summed E-state index contributed by atoms with van der Waals surface area (Å²) < 4.78 is 2.22. The summed E-state index contributed by atoms with van der Waals surface area (Å²) in [4.78, 5) is 0. The lowest BCUT2D eigenvalue weighted by atomic mass is 9.97. The highest BCUT2D eigenvalue weighted by Gasteiger charge is 2.40. The Morgan fingerprint density at radius 2 is 2.20 bits per heavy atom. The Morgan fingerprint density at radius 1 is 1.45 bits per heavy atom. The van der Waals surface area contributed by atoms with E-state index >= 15 is 0 Å². The summed E-state index contributed by atoms with van der Waals surface area (Å²) in [6.45, 7) is 8.84. The highest BCUT2D eigenvalue weighted by molar-refractivity contribution is 5.13. The van der Waals surface area contributed by atoms with E-state index < -0.39 is 0 Å². The molecule has 2 rings (SSSR count). The molecule has 1 heterocycles. The number of hydrogen-bond donors (Lipinski definition) is 2. The first-order valence-electron chi connectivity index (χ1n) is 7.99. The van der Waals surface area contributed by atoms with Crippen LogP contribution in [0.3, 0.4) is 0 Å². The molecule has 4 nitrogen and oxygen atoms in total. The van der Waals surface area contributed by atoms with Gasteiger partial charge in [0.25, 0.3) is 0 Å². The third-order valence-corrected chi connectivity index (χ3v) is 4.41. The van der Waals surface area contributed by atoms with E-state index in [1.54, 1.807) is 0 Å². The van der Waals surface area contributed by atoms with E-state index in [2.05, 4.69) is 43.8 Å². The topological polar surface area (TPSA) is 50.1 Å². The van der Waals surface area contributed by atoms with Crippen LogP contribution in [0.25, 0.3) is 0 Å². The monoisotopic (exact) mass is 279 g/mol. The fraction of sp³-hybridized carbons (Fsp3) is 0.812. The fourth-order valence-corrected chi connectivity index (χ4v) is 3.48. The minimum atomic E-state index is -0.123. The van der Waals surface area contributed by atoms with Crippen molar-refractivity contribution in [2.45, 2.75) is 77.4 Å². The molecule has 2 atom stereocenters. The van der Waals surface area contributed by atoms with E-state index in [1.807, 2.05) is 0 Å². The van der Waals surface area contributed by atoms with E-state index in [1.165, 1.54) is 11.4 Å². The van der Waals surface area contributed by atoms with Crippen molar-refractivity contribution in [3.63, 3.8) is 0 Å². The molecule has 20 heavy (non-hydrogen) atoms. The summed E-state index contributed by atoms with van der Waals surface area (Å²) in [6.07, 6.45) is 5.10. The average molecular weight is 279 g/mol. The number of nitrogens with one attached hydrogen (secondary N) is 1. The third-order valence-electron chi connectivity index (χ3n) is 4.41. The number of aliphatic hydroxyl groups is 1. The SMILES string of the molecule is CCc1cc(CC)n(C2CCC(CO)(NC(C)C)C2)n1. The molecular formula is C16H29N3O. The molecule has 0 amide bonds. The highest BCUT2D eigenvalue weighted by atomic mass is 16.3. The fourth-order valence-electron chi connectivity index (χ4n) is 3.48. The maximum absolute atomic E-state index is 9.82. The number of aryl methyl sites for hydroxylation is 2. The smallest absolute Gasteiger partial charge is 0.0624 e. The van der Waals surface area contributed by atoms with Crippen molar-refractivity contribution in [2.75, 3.05) is 6.61 Å². The number of rotatable bonds is 6. The molecule has 0 aliphatic heterocycles. The summed E-state index contributed by atoms with van der Waals surface area (Å²) in [5, 5.41) is 18.2. The number of nitrogens with zero attached hydrogens (tertiary/aromatic N) is 2. The van der Waals surface area contributed by atoms with Gasteiger partial charge in [0.2, 0.25) is 0 Å². The van der Waals surface area contributed by atoms with Crippen molar-refractivity contribution >= 4 is 0 Å². The predicted octanol–water partition coefficient (Wildman–Crippen LogP) is 2.46. The number of aliphatic hydroxyl groups excluding tert-OH is 1. The lowest BCUT2D eigenvalue weighted by molar-refractivity contribution is 0.151. The van der Waals surface area contributed by atoms with Crippen molar-refractivity contribution in [3.05, 3.63) is 17.5 Å². The van der Waals surface area contributed by atoms with E-state index in [0.29, 0.717) is 12.1 Å². The zero-order valence-electron chi connectivity index (χ0n) is 13.3. The Bertz CT molecular complexity index is 441. The number of aromatic nitrogens is 2. The van der Waals surface area contributed by atoms with Gasteiger partial charge in [-0.15, -0.1) is 0 Å². The second-order valence-corrected chi connectivity index (χ2v) is 6.41. The Kier molecular flexibility index (Phi) is 4.86. The number of hydrogen-bond acceptors (Lipinski definition) is 3. The van der Waals surface area contributed by atoms with Crippen LogP contribution >= 0.6 is 0 Å². The van der Waals surface area contributed by atoms with E-state index in [9.17, 15) is 5.11 Å². The molecule has 1 fully saturated rings. The van der Waals surface area contributed by atoms with Gasteiger partial charge < -0.3 is 10.4 Å². The summed E-state index contributed by atoms with van der Waals surface area (Å²) in [5.74, 6) is 0. The van der Waals surface area contributed by atoms with Gasteiger partial charge in [-0.05, 0) is 38.2 Å². The standard InChI is InChI=1S/C16H29N3O/c1-5-13-9-14(6-2)19(18-13)15-7-8-16(10-15,11-20)17-12(3)4/h9,12,15,17,20H,5-8,10-11H2,1-4H3. The summed E-state index contributed by atoms with van der Waals surface area (Å²) in [5.41, 5.74) is 2.38. The van der Waals surface area contributed by atoms with Crippen molar-refractivity contribution in [2.24, 2.45) is 0 Å². The molecule has 0 saturated heterocycles. The molecule has 114 valence electrons. The Morgan fingerprint density at radius 3 is 2.75 bits per heavy atom. The molecule has 0 radical (unpaired) electrons. The molecule has 1 saturated carbocycles. The van der Waals surface area contributed by atoms with Crippen LogP contribution in [0.2, 0.25) is 0 Å². The van der Waals surface area contributed by atoms with Gasteiger partial charge in [-0.2, -0.15) is 5.10 Å². The Balaban J connectivity index is 2.17. The lowest BCUT2D eigenvalue weighted by Crippen LogP contribution is -2.49. The average Bonchev–Trinajstić information content (AvgIpc) is 3.02. The van der Waals surface area contributed by atoms with Gasteiger partial charge in [0.15, 0.2) is 0 Å². The van der Waals surface area contributed by atoms with Crippen LogP contribution in [-0.2, 0) is 12.8 Å². The molecule has 1 aliphatic carbocycles. The zero-order chi connectivity index (χ0) is 14.8. The van der Waals surface area contributed by atoms with Gasteiger partial charge in [-0.1, -0.05) is 27.7 Å². The first kappa shape index (κ1) is 15.5. The van der Waals surface area contributed by atoms with Crippen molar-refractivity contribution < 1.29 is 5.11 Å². The van der Waals surface area contributed by atoms with Crippen molar-refractivity contribution in [1.82, 2.24) is 15.1 Å². The quantitative estimate of drug-likeness (QED) is 0.841. The lowest BCUT2D eigenvalue weighted by Gasteiger charge is -2.31. The third kappa shape index (κ3) is 3.07. The Labute approximate surface area is 122 Å². The van der Waals surface area contributed by atoms with Crippen LogP contribution in [0.5, 0.6) is 0 Å². The molecule has 0 aromatic carbocycles. The molecule has 1 aliphatic rings. The minimum Gasteiger partial charge on any atom is -0.394 e. The van der Waals surface area contributed by atoms with Crippen LogP contribution in [0.1, 0.15) is 64.4 Å². The van der Waals surface area contributed by atoms with Crippen LogP contribution < -0.4 is 5.32 Å². The molecular weight excluding hydrogens is 250 g/mol. The van der Waals surface area contributed by atoms with E-state index in [4.69, 9.17) is 5.10 Å². The van der Waals surface area contributed by atoms with Crippen LogP contribution in [0.15, 0.2) is 6.07 Å². The Hall–Kier alpha value is -0.870. The van der Waals surface area contributed by atoms with Crippen LogP contribution in [-0.4, -0.2) is 33.1 Å². The maximum atomic E-state index is 9.82. The van der Waals surface area contributed by atoms with Crippen molar-refractivity contribution in [1.29, 1.82) is 0 Å². The minimum absolute atomic E-state index is 0.123. The van der Waals surface area contributed by atoms with E-state index in [0.717, 1.165) is 32.1 Å². The summed E-state index contributed by atoms with van der Waals surface area (Å²) >= 11 is 0. The van der Waals surface area contributed by atoms with Gasteiger partial charge in [-0.25, -0.2) is 0 Å². The second kappa shape index (κ2) is 6.27. The summed E-state index contributed by atoms with van der Waals surface area (Å²) in [6, 6.07) is 3.05. The van der Waals surface area contributed by atoms with Crippen LogP contribution in [0.4, 0.5) is 0 Å². The highest BCUT2D eigenvalue weighted by Crippen LogP contribution is 2.38. The molecule has 1 aromatic heterocycles. The van der Waals surface area contributed by atoms with E-state index in [-0.39, 0.29) is 12.1 Å². The maximum Gasteiger partial charge on any atom is 0.0624 e. The molecule has 0 spiro atoms. The van der Waals surface area contributed by atoms with Gasteiger partial charge in [0, 0.05) is 17.3 Å². The van der Waals surface area contributed by atoms with Crippen molar-refractivity contribution in [3.8, 4) is 0 Å². The molecule has 1 aromatic rings. The molecule has 2 N–H and O–H groups in total. The first-order chi connectivity index (χ1) is 9.53.